The number of ether oxygens (including phenoxy) is 5. The van der Waals surface area contributed by atoms with Crippen LogP contribution in [0.3, 0.4) is 0 Å². The van der Waals surface area contributed by atoms with Crippen molar-refractivity contribution in [1.82, 2.24) is 0 Å². The van der Waals surface area contributed by atoms with Crippen molar-refractivity contribution in [3.8, 4) is 0 Å². The van der Waals surface area contributed by atoms with Crippen LogP contribution in [-0.4, -0.2) is 89.2 Å². The second kappa shape index (κ2) is 53.7. The number of hydrogen-bond acceptors (Lipinski definition) is 11. The minimum atomic E-state index is -1.93. The Hall–Kier alpha value is -4.88. The topological polar surface area (TPSA) is 175 Å². The second-order valence-corrected chi connectivity index (χ2v) is 20.2. The van der Waals surface area contributed by atoms with Crippen LogP contribution in [0, 0.1) is 0 Å². The van der Waals surface area contributed by atoms with Gasteiger partial charge in [0.05, 0.1) is 6.61 Å². The number of carbonyl (C=O) groups is 4. The number of hydrogen-bond donors (Lipinski definition) is 3. The van der Waals surface area contributed by atoms with E-state index in [2.05, 4.69) is 118 Å². The van der Waals surface area contributed by atoms with Crippen LogP contribution in [0.25, 0.3) is 0 Å². The van der Waals surface area contributed by atoms with E-state index in [9.17, 15) is 34.5 Å². The molecule has 6 atom stereocenters. The van der Waals surface area contributed by atoms with E-state index < -0.39 is 67.3 Å². The van der Waals surface area contributed by atoms with E-state index in [0.29, 0.717) is 32.1 Å². The average molecular weight is 1100 g/mol. The lowest BCUT2D eigenvalue weighted by molar-refractivity contribution is -0.301. The fourth-order valence-electron chi connectivity index (χ4n) is 8.47. The van der Waals surface area contributed by atoms with Gasteiger partial charge in [0.2, 0.25) is 0 Å². The van der Waals surface area contributed by atoms with Crippen LogP contribution in [-0.2, 0) is 42.9 Å². The van der Waals surface area contributed by atoms with E-state index >= 15 is 0 Å². The number of allylic oxidation sites excluding steroid dienone is 20. The van der Waals surface area contributed by atoms with Crippen LogP contribution in [0.2, 0.25) is 0 Å². The zero-order chi connectivity index (χ0) is 57.5. The maximum absolute atomic E-state index is 13.1. The van der Waals surface area contributed by atoms with Crippen molar-refractivity contribution in [1.29, 1.82) is 0 Å². The third-order valence-corrected chi connectivity index (χ3v) is 13.1. The van der Waals surface area contributed by atoms with Gasteiger partial charge in [-0.15, -0.1) is 0 Å². The van der Waals surface area contributed by atoms with Gasteiger partial charge in [0.25, 0.3) is 0 Å². The largest absolute Gasteiger partial charge is 0.479 e. The number of aliphatic hydroxyl groups is 2. The van der Waals surface area contributed by atoms with E-state index in [1.807, 2.05) is 24.3 Å². The van der Waals surface area contributed by atoms with Crippen molar-refractivity contribution in [3.63, 3.8) is 0 Å². The van der Waals surface area contributed by atoms with Crippen molar-refractivity contribution < 1.29 is 58.2 Å². The summed E-state index contributed by atoms with van der Waals surface area (Å²) in [5.41, 5.74) is 0. The summed E-state index contributed by atoms with van der Waals surface area (Å²) in [7, 11) is 0. The first kappa shape index (κ1) is 72.1. The monoisotopic (exact) mass is 1100 g/mol. The summed E-state index contributed by atoms with van der Waals surface area (Å²) < 4.78 is 28.3. The molecular formula is C67H106O12. The SMILES string of the molecule is CC/C=C\C/C=C\C/C=C\C/C=C\C/C=C\C/C=C\CCC(=O)OCC(COC1OC(C(=O)O)C(O)C(O)C1OC(=O)CCCCCCCCCCCCCCCCCCC)OC(=O)CC/C=C\C/C=C\C/C=C\C/C=C\CC. The molecule has 3 N–H and O–H groups in total. The molecule has 0 spiro atoms. The van der Waals surface area contributed by atoms with Gasteiger partial charge in [-0.25, -0.2) is 4.79 Å². The molecule has 0 aromatic carbocycles. The van der Waals surface area contributed by atoms with Crippen molar-refractivity contribution in [2.24, 2.45) is 0 Å². The fourth-order valence-corrected chi connectivity index (χ4v) is 8.47. The van der Waals surface area contributed by atoms with Crippen LogP contribution in [0.4, 0.5) is 0 Å². The van der Waals surface area contributed by atoms with Gasteiger partial charge in [-0.05, 0) is 83.5 Å². The lowest BCUT2D eigenvalue weighted by Gasteiger charge is -2.40. The summed E-state index contributed by atoms with van der Waals surface area (Å²) in [4.78, 5) is 51.1. The minimum absolute atomic E-state index is 0.0208. The lowest BCUT2D eigenvalue weighted by atomic mass is 9.98. The summed E-state index contributed by atoms with van der Waals surface area (Å²) in [5, 5.41) is 31.5. The number of carboxylic acids is 1. The lowest BCUT2D eigenvalue weighted by Crippen LogP contribution is -2.61. The normalized spacial score (nSPS) is 18.7. The van der Waals surface area contributed by atoms with E-state index in [0.717, 1.165) is 77.0 Å². The third-order valence-electron chi connectivity index (χ3n) is 13.1. The average Bonchev–Trinajstić information content (AvgIpc) is 3.47. The van der Waals surface area contributed by atoms with Crippen molar-refractivity contribution in [3.05, 3.63) is 122 Å². The summed E-state index contributed by atoms with van der Waals surface area (Å²) in [6.45, 7) is 5.64. The molecule has 0 radical (unpaired) electrons. The Labute approximate surface area is 478 Å². The number of rotatable bonds is 50. The molecular weight excluding hydrogens is 997 g/mol. The maximum Gasteiger partial charge on any atom is 0.335 e. The van der Waals surface area contributed by atoms with Crippen molar-refractivity contribution in [2.45, 2.75) is 263 Å². The number of unbranched alkanes of at least 4 members (excludes halogenated alkanes) is 16. The molecule has 1 aliphatic rings. The van der Waals surface area contributed by atoms with Gasteiger partial charge < -0.3 is 39.0 Å². The summed E-state index contributed by atoms with van der Waals surface area (Å²) in [6, 6.07) is 0. The molecule has 0 aromatic heterocycles. The molecule has 6 unspecified atom stereocenters. The van der Waals surface area contributed by atoms with Gasteiger partial charge in [-0.2, -0.15) is 0 Å². The molecule has 1 fully saturated rings. The molecule has 1 saturated heterocycles. The van der Waals surface area contributed by atoms with E-state index in [1.54, 1.807) is 0 Å². The maximum atomic E-state index is 13.1. The van der Waals surface area contributed by atoms with Gasteiger partial charge in [0.1, 0.15) is 18.8 Å². The van der Waals surface area contributed by atoms with Gasteiger partial charge >= 0.3 is 23.9 Å². The first-order valence-corrected chi connectivity index (χ1v) is 30.5. The summed E-state index contributed by atoms with van der Waals surface area (Å²) in [6.07, 6.45) is 62.0. The minimum Gasteiger partial charge on any atom is -0.479 e. The molecule has 446 valence electrons. The number of carboxylic acid groups (broad SMARTS) is 1. The van der Waals surface area contributed by atoms with Crippen molar-refractivity contribution in [2.75, 3.05) is 13.2 Å². The molecule has 0 aliphatic carbocycles. The molecule has 12 heteroatoms. The molecule has 0 saturated carbocycles. The molecule has 0 aromatic rings. The van der Waals surface area contributed by atoms with Crippen LogP contribution < -0.4 is 0 Å². The van der Waals surface area contributed by atoms with Crippen LogP contribution >= 0.6 is 0 Å². The quantitative estimate of drug-likeness (QED) is 0.0228. The standard InChI is InChI=1S/C67H106O12/c1-4-7-10-13-16-19-22-25-27-29-30-32-33-36-38-41-44-47-50-53-59(68)75-56-58(77-60(69)54-51-48-45-42-39-35-24-21-18-15-12-9-6-3)57-76-67-65(63(72)62(71)64(79-67)66(73)74)78-61(70)55-52-49-46-43-40-37-34-31-28-26-23-20-17-14-11-8-5-2/h7,9-10,12,16,18-19,21,25,27,30,32,35-36,38-39,44-45,47-48,58,62-65,67,71-72H,4-6,8,11,13-15,17,20,22-24,26,28-29,31,33-34,37,40-43,46,49-57H2,1-3H3,(H,73,74)/b10-7-,12-9-,19-16-,21-18-,27-25-,32-30-,38-36-,39-35-,47-44-,48-45-. The zero-order valence-electron chi connectivity index (χ0n) is 49.1. The first-order valence-electron chi connectivity index (χ1n) is 30.5. The highest BCUT2D eigenvalue weighted by Gasteiger charge is 2.50. The van der Waals surface area contributed by atoms with Crippen LogP contribution in [0.5, 0.6) is 0 Å². The Bertz CT molecular complexity index is 1840. The number of carbonyl (C=O) groups excluding carboxylic acids is 3. The molecule has 0 bridgehead atoms. The van der Waals surface area contributed by atoms with Crippen LogP contribution in [0.15, 0.2) is 122 Å². The predicted molar refractivity (Wildman–Crippen MR) is 321 cm³/mol. The van der Waals surface area contributed by atoms with Gasteiger partial charge in [-0.1, -0.05) is 245 Å². The molecule has 79 heavy (non-hydrogen) atoms. The van der Waals surface area contributed by atoms with E-state index in [1.165, 1.54) is 77.0 Å². The number of aliphatic carboxylic acids is 1. The third kappa shape index (κ3) is 43.6. The first-order chi connectivity index (χ1) is 38.6. The molecule has 1 heterocycles. The van der Waals surface area contributed by atoms with E-state index in [-0.39, 0.29) is 25.9 Å². The zero-order valence-corrected chi connectivity index (χ0v) is 49.1. The highest BCUT2D eigenvalue weighted by Crippen LogP contribution is 2.26. The molecule has 0 amide bonds. The highest BCUT2D eigenvalue weighted by molar-refractivity contribution is 5.74. The predicted octanol–water partition coefficient (Wildman–Crippen LogP) is 16.0. The Kier molecular flexibility index (Phi) is 49.1. The molecule has 1 rings (SSSR count). The van der Waals surface area contributed by atoms with Gasteiger partial charge in [-0.3, -0.25) is 14.4 Å². The Morgan fingerprint density at radius 2 is 0.797 bits per heavy atom. The summed E-state index contributed by atoms with van der Waals surface area (Å²) >= 11 is 0. The summed E-state index contributed by atoms with van der Waals surface area (Å²) in [5.74, 6) is -3.35. The number of esters is 3. The Balaban J connectivity index is 2.74. The smallest absolute Gasteiger partial charge is 0.335 e. The molecule has 12 nitrogen and oxygen atoms in total. The van der Waals surface area contributed by atoms with E-state index in [4.69, 9.17) is 23.7 Å². The Morgan fingerprint density at radius 3 is 1.19 bits per heavy atom. The van der Waals surface area contributed by atoms with Crippen molar-refractivity contribution >= 4 is 23.9 Å². The fraction of sp³-hybridized carbons (Fsp3) is 0.642. The highest BCUT2D eigenvalue weighted by atomic mass is 16.7. The van der Waals surface area contributed by atoms with Gasteiger partial charge in [0, 0.05) is 19.3 Å². The van der Waals surface area contributed by atoms with Gasteiger partial charge in [0.15, 0.2) is 24.6 Å². The molecule has 1 aliphatic heterocycles. The van der Waals surface area contributed by atoms with Crippen LogP contribution in [0.1, 0.15) is 226 Å². The Morgan fingerprint density at radius 1 is 0.430 bits per heavy atom. The second-order valence-electron chi connectivity index (χ2n) is 20.2. The number of aliphatic hydroxyl groups excluding tert-OH is 2.